The number of nitrogens with one attached hydrogen (secondary N) is 1. The Morgan fingerprint density at radius 3 is 2.46 bits per heavy atom. The van der Waals surface area contributed by atoms with Crippen molar-refractivity contribution >= 4 is 33.3 Å². The van der Waals surface area contributed by atoms with Gasteiger partial charge in [-0.15, -0.1) is 0 Å². The van der Waals surface area contributed by atoms with Crippen LogP contribution in [0.4, 0.5) is 11.5 Å². The normalized spacial score (nSPS) is 10.2. The van der Waals surface area contributed by atoms with Crippen LogP contribution < -0.4 is 5.32 Å². The summed E-state index contributed by atoms with van der Waals surface area (Å²) < 4.78 is 0. The van der Waals surface area contributed by atoms with Gasteiger partial charge in [-0.1, -0.05) is 0 Å². The lowest BCUT2D eigenvalue weighted by Gasteiger charge is -2.12. The molecule has 0 aliphatic heterocycles. The lowest BCUT2D eigenvalue weighted by molar-refractivity contribution is 0.480. The van der Waals surface area contributed by atoms with E-state index < -0.39 is 0 Å². The minimum Gasteiger partial charge on any atom is -0.506 e. The quantitative estimate of drug-likeness (QED) is 0.535. The molecule has 2 heterocycles. The number of benzene rings is 2. The molecule has 0 aliphatic rings. The zero-order valence-corrected chi connectivity index (χ0v) is 14.4. The molecule has 4 aromatic rings. The van der Waals surface area contributed by atoms with Gasteiger partial charge in [-0.25, -0.2) is 9.97 Å². The summed E-state index contributed by atoms with van der Waals surface area (Å²) in [6, 6.07) is 11.4. The number of aromatic nitrogens is 3. The highest BCUT2D eigenvalue weighted by Gasteiger charge is 2.10. The Bertz CT molecular complexity index is 1080. The molecule has 0 radical (unpaired) electrons. The molecule has 7 heteroatoms. The molecule has 0 fully saturated rings. The summed E-state index contributed by atoms with van der Waals surface area (Å²) >= 11 is 0. The largest absolute Gasteiger partial charge is 0.506 e. The van der Waals surface area contributed by atoms with Gasteiger partial charge < -0.3 is 21.4 Å². The maximum atomic E-state index is 9.98. The maximum Gasteiger partial charge on any atom is 0.141 e. The predicted octanol–water partition coefficient (Wildman–Crippen LogP) is 2.59. The van der Waals surface area contributed by atoms with Crippen molar-refractivity contribution in [2.24, 2.45) is 0 Å². The Balaban J connectivity index is 0.00000121. The van der Waals surface area contributed by atoms with Crippen molar-refractivity contribution in [1.29, 1.82) is 0 Å². The van der Waals surface area contributed by atoms with E-state index in [1.807, 2.05) is 18.2 Å². The molecule has 0 atom stereocenters. The fraction of sp³-hybridized carbons (Fsp3) is 0.105. The van der Waals surface area contributed by atoms with Gasteiger partial charge in [0.25, 0.3) is 0 Å². The van der Waals surface area contributed by atoms with Crippen LogP contribution in [-0.4, -0.2) is 31.0 Å². The van der Waals surface area contributed by atoms with E-state index in [2.05, 4.69) is 46.2 Å². The predicted molar refractivity (Wildman–Crippen MR) is 103 cm³/mol. The first-order valence-electron chi connectivity index (χ1n) is 7.69. The first kappa shape index (κ1) is 19.0. The minimum absolute atomic E-state index is 0. The zero-order chi connectivity index (χ0) is 16.7. The molecule has 0 amide bonds. The van der Waals surface area contributed by atoms with Crippen LogP contribution in [0.25, 0.3) is 21.8 Å². The Labute approximate surface area is 150 Å². The number of aromatic hydroxyl groups is 1. The van der Waals surface area contributed by atoms with Gasteiger partial charge in [-0.2, -0.15) is 0 Å². The van der Waals surface area contributed by atoms with Crippen molar-refractivity contribution in [3.63, 3.8) is 0 Å². The first-order chi connectivity index (χ1) is 11.6. The molecular weight excluding hydrogens is 332 g/mol. The smallest absolute Gasteiger partial charge is 0.141 e. The average Bonchev–Trinajstić information content (AvgIpc) is 2.59. The second-order valence-corrected chi connectivity index (χ2v) is 5.83. The van der Waals surface area contributed by atoms with Crippen molar-refractivity contribution < 1.29 is 16.1 Å². The van der Waals surface area contributed by atoms with Gasteiger partial charge in [0.1, 0.15) is 23.4 Å². The molecule has 134 valence electrons. The van der Waals surface area contributed by atoms with E-state index in [9.17, 15) is 5.11 Å². The van der Waals surface area contributed by atoms with Gasteiger partial charge in [0.05, 0.1) is 5.52 Å². The fourth-order valence-corrected chi connectivity index (χ4v) is 2.81. The van der Waals surface area contributed by atoms with E-state index >= 15 is 0 Å². The van der Waals surface area contributed by atoms with E-state index in [-0.39, 0.29) is 16.7 Å². The van der Waals surface area contributed by atoms with Crippen LogP contribution in [0.3, 0.4) is 0 Å². The van der Waals surface area contributed by atoms with E-state index in [1.165, 1.54) is 11.1 Å². The van der Waals surface area contributed by atoms with Gasteiger partial charge >= 0.3 is 0 Å². The summed E-state index contributed by atoms with van der Waals surface area (Å²) in [4.78, 5) is 13.0. The second-order valence-electron chi connectivity index (χ2n) is 5.83. The minimum atomic E-state index is 0. The number of nitrogens with zero attached hydrogens (tertiary/aromatic N) is 3. The van der Waals surface area contributed by atoms with Crippen molar-refractivity contribution in [3.05, 3.63) is 60.0 Å². The molecule has 26 heavy (non-hydrogen) atoms. The van der Waals surface area contributed by atoms with Gasteiger partial charge in [0, 0.05) is 22.7 Å². The van der Waals surface area contributed by atoms with Gasteiger partial charge in [0.15, 0.2) is 0 Å². The van der Waals surface area contributed by atoms with Gasteiger partial charge in [0.2, 0.25) is 0 Å². The standard InChI is InChI=1S/C19H16N4O.2H2O/c1-11-8-14-16(9-12(11)2)21-10-22-19(14)23-15-5-6-17(24)18-13(15)4-3-7-20-18;;/h3-10,24H,1-2H3,(H,21,22,23);2*1H2. The first-order valence-corrected chi connectivity index (χ1v) is 7.69. The maximum absolute atomic E-state index is 9.98. The van der Waals surface area contributed by atoms with Crippen LogP contribution >= 0.6 is 0 Å². The summed E-state index contributed by atoms with van der Waals surface area (Å²) in [7, 11) is 0. The fourth-order valence-electron chi connectivity index (χ4n) is 2.81. The van der Waals surface area contributed by atoms with Crippen molar-refractivity contribution in [2.75, 3.05) is 5.32 Å². The summed E-state index contributed by atoms with van der Waals surface area (Å²) in [5.41, 5.74) is 4.70. The molecule has 0 unspecified atom stereocenters. The number of pyridine rings is 1. The summed E-state index contributed by atoms with van der Waals surface area (Å²) in [6.07, 6.45) is 3.22. The molecule has 0 saturated carbocycles. The highest BCUT2D eigenvalue weighted by atomic mass is 16.3. The molecule has 4 rings (SSSR count). The number of hydrogen-bond acceptors (Lipinski definition) is 5. The zero-order valence-electron chi connectivity index (χ0n) is 14.4. The number of rotatable bonds is 2. The number of anilines is 2. The molecule has 0 bridgehead atoms. The van der Waals surface area contributed by atoms with E-state index in [0.29, 0.717) is 5.52 Å². The molecule has 6 N–H and O–H groups in total. The number of aryl methyl sites for hydroxylation is 2. The average molecular weight is 352 g/mol. The second kappa shape index (κ2) is 7.30. The molecule has 2 aromatic heterocycles. The van der Waals surface area contributed by atoms with Crippen LogP contribution in [0.2, 0.25) is 0 Å². The third-order valence-electron chi connectivity index (χ3n) is 4.25. The van der Waals surface area contributed by atoms with E-state index in [1.54, 1.807) is 18.6 Å². The Morgan fingerprint density at radius 2 is 1.65 bits per heavy atom. The monoisotopic (exact) mass is 352 g/mol. The van der Waals surface area contributed by atoms with Crippen LogP contribution in [0.5, 0.6) is 5.75 Å². The summed E-state index contributed by atoms with van der Waals surface area (Å²) in [5.74, 6) is 0.897. The van der Waals surface area contributed by atoms with Crippen LogP contribution in [0, 0.1) is 13.8 Å². The molecule has 0 spiro atoms. The highest BCUT2D eigenvalue weighted by molar-refractivity contribution is 5.99. The summed E-state index contributed by atoms with van der Waals surface area (Å²) in [5, 5.41) is 15.2. The highest BCUT2D eigenvalue weighted by Crippen LogP contribution is 2.32. The lowest BCUT2D eigenvalue weighted by Crippen LogP contribution is -1.98. The van der Waals surface area contributed by atoms with Crippen LogP contribution in [0.1, 0.15) is 11.1 Å². The summed E-state index contributed by atoms with van der Waals surface area (Å²) in [6.45, 7) is 4.15. The Hall–Kier alpha value is -3.29. The van der Waals surface area contributed by atoms with Gasteiger partial charge in [-0.3, -0.25) is 4.98 Å². The molecule has 7 nitrogen and oxygen atoms in total. The Morgan fingerprint density at radius 1 is 0.885 bits per heavy atom. The van der Waals surface area contributed by atoms with Crippen LogP contribution in [-0.2, 0) is 0 Å². The van der Waals surface area contributed by atoms with Gasteiger partial charge in [-0.05, 0) is 61.4 Å². The third kappa shape index (κ3) is 3.13. The number of phenols is 1. The number of hydrogen-bond donors (Lipinski definition) is 2. The van der Waals surface area contributed by atoms with Crippen molar-refractivity contribution in [1.82, 2.24) is 15.0 Å². The van der Waals surface area contributed by atoms with Crippen molar-refractivity contribution in [3.8, 4) is 5.75 Å². The SMILES string of the molecule is Cc1cc2ncnc(Nc3ccc(O)c4ncccc34)c2cc1C.O.O. The number of phenolic OH excluding ortho intramolecular Hbond substituents is 1. The van der Waals surface area contributed by atoms with Crippen molar-refractivity contribution in [2.45, 2.75) is 13.8 Å². The Kier molecular flexibility index (Phi) is 5.35. The van der Waals surface area contributed by atoms with E-state index in [0.717, 1.165) is 27.8 Å². The molecule has 0 saturated heterocycles. The van der Waals surface area contributed by atoms with Crippen LogP contribution in [0.15, 0.2) is 48.9 Å². The lowest BCUT2D eigenvalue weighted by atomic mass is 10.1. The molecule has 0 aliphatic carbocycles. The number of fused-ring (bicyclic) bond motifs is 2. The topological polar surface area (TPSA) is 134 Å². The molecular formula is C19H20N4O3. The van der Waals surface area contributed by atoms with E-state index in [4.69, 9.17) is 0 Å². The molecule has 2 aromatic carbocycles. The third-order valence-corrected chi connectivity index (χ3v) is 4.25.